The van der Waals surface area contributed by atoms with Crippen molar-refractivity contribution >= 4 is 5.69 Å². The average molecular weight is 178 g/mol. The van der Waals surface area contributed by atoms with Crippen molar-refractivity contribution in [2.24, 2.45) is 0 Å². The van der Waals surface area contributed by atoms with Gasteiger partial charge in [-0.15, -0.1) is 0 Å². The van der Waals surface area contributed by atoms with Crippen LogP contribution in [0.15, 0.2) is 24.8 Å². The van der Waals surface area contributed by atoms with Crippen LogP contribution in [-0.4, -0.2) is 12.0 Å². The molecule has 0 unspecified atom stereocenters. The van der Waals surface area contributed by atoms with Gasteiger partial charge in [-0.2, -0.15) is 0 Å². The third kappa shape index (κ3) is 1.84. The molecule has 0 N–H and O–H groups in total. The summed E-state index contributed by atoms with van der Waals surface area (Å²) in [5, 5.41) is 10.4. The Kier molecular flexibility index (Phi) is 2.64. The minimum absolute atomic E-state index is 0.00644. The lowest BCUT2D eigenvalue weighted by atomic mass is 10.2. The topological polar surface area (TPSA) is 52.4 Å². The van der Waals surface area contributed by atoms with Crippen molar-refractivity contribution in [2.75, 3.05) is 7.11 Å². The lowest BCUT2D eigenvalue weighted by Crippen LogP contribution is -1.91. The van der Waals surface area contributed by atoms with Gasteiger partial charge in [0.1, 0.15) is 5.75 Å². The van der Waals surface area contributed by atoms with Crippen molar-refractivity contribution in [2.45, 2.75) is 0 Å². The Balaban J connectivity index is 3.20. The summed E-state index contributed by atoms with van der Waals surface area (Å²) in [5.74, 6) is 0.528. The van der Waals surface area contributed by atoms with E-state index in [1.54, 1.807) is 0 Å². The molecule has 1 rings (SSSR count). The summed E-state index contributed by atoms with van der Waals surface area (Å²) in [5.41, 5.74) is 0.503. The quantitative estimate of drug-likeness (QED) is 0.525. The third-order valence-corrected chi connectivity index (χ3v) is 1.58. The summed E-state index contributed by atoms with van der Waals surface area (Å²) in [4.78, 5) is 9.91. The highest BCUT2D eigenvalue weighted by Gasteiger charge is 2.08. The van der Waals surface area contributed by atoms with Crippen LogP contribution in [0.2, 0.25) is 0 Å². The van der Waals surface area contributed by atoms with E-state index in [1.807, 2.05) is 0 Å². The van der Waals surface area contributed by atoms with E-state index in [1.165, 1.54) is 25.3 Å². The summed E-state index contributed by atoms with van der Waals surface area (Å²) in [6, 6.07) is 4.26. The van der Waals surface area contributed by atoms with E-state index in [-0.39, 0.29) is 5.69 Å². The van der Waals surface area contributed by atoms with Crippen molar-refractivity contribution < 1.29 is 9.66 Å². The monoisotopic (exact) mass is 178 g/mol. The summed E-state index contributed by atoms with van der Waals surface area (Å²) >= 11 is 0. The molecular weight excluding hydrogens is 170 g/mol. The SMILES string of the molecule is C=[C]c1cc([N+](=O)[O-])ccc1OC. The zero-order valence-corrected chi connectivity index (χ0v) is 7.11. The van der Waals surface area contributed by atoms with Gasteiger partial charge in [-0.3, -0.25) is 10.1 Å². The zero-order chi connectivity index (χ0) is 9.84. The highest BCUT2D eigenvalue weighted by molar-refractivity contribution is 5.46. The second kappa shape index (κ2) is 3.71. The minimum Gasteiger partial charge on any atom is -0.496 e. The highest BCUT2D eigenvalue weighted by Crippen LogP contribution is 2.23. The van der Waals surface area contributed by atoms with E-state index in [4.69, 9.17) is 4.74 Å². The van der Waals surface area contributed by atoms with Crippen LogP contribution in [0.25, 0.3) is 0 Å². The fourth-order valence-corrected chi connectivity index (χ4v) is 0.948. The van der Waals surface area contributed by atoms with Gasteiger partial charge in [0, 0.05) is 17.7 Å². The molecule has 0 fully saturated rings. The van der Waals surface area contributed by atoms with Crippen molar-refractivity contribution in [3.63, 3.8) is 0 Å². The number of non-ortho nitro benzene ring substituents is 1. The molecule has 0 saturated heterocycles. The molecule has 0 aliphatic heterocycles. The predicted molar refractivity (Wildman–Crippen MR) is 47.6 cm³/mol. The molecule has 0 atom stereocenters. The second-order valence-corrected chi connectivity index (χ2v) is 2.32. The first-order valence-corrected chi connectivity index (χ1v) is 3.54. The molecule has 1 aromatic rings. The smallest absolute Gasteiger partial charge is 0.270 e. The average Bonchev–Trinajstić information content (AvgIpc) is 2.16. The predicted octanol–water partition coefficient (Wildman–Crippen LogP) is 1.94. The number of nitrogens with zero attached hydrogens (tertiary/aromatic N) is 1. The van der Waals surface area contributed by atoms with E-state index < -0.39 is 4.92 Å². The Labute approximate surface area is 75.6 Å². The van der Waals surface area contributed by atoms with E-state index >= 15 is 0 Å². The van der Waals surface area contributed by atoms with Gasteiger partial charge in [0.15, 0.2) is 0 Å². The number of rotatable bonds is 3. The van der Waals surface area contributed by atoms with Gasteiger partial charge in [0.05, 0.1) is 12.0 Å². The summed E-state index contributed by atoms with van der Waals surface area (Å²) in [6.45, 7) is 3.41. The largest absolute Gasteiger partial charge is 0.496 e. The molecule has 0 aromatic heterocycles. The van der Waals surface area contributed by atoms with Gasteiger partial charge >= 0.3 is 0 Å². The van der Waals surface area contributed by atoms with Crippen molar-refractivity contribution in [1.82, 2.24) is 0 Å². The fraction of sp³-hybridized carbons (Fsp3) is 0.111. The molecule has 0 amide bonds. The Bertz CT molecular complexity index is 347. The lowest BCUT2D eigenvalue weighted by Gasteiger charge is -2.02. The zero-order valence-electron chi connectivity index (χ0n) is 7.11. The van der Waals surface area contributed by atoms with Gasteiger partial charge in [-0.25, -0.2) is 0 Å². The maximum absolute atomic E-state index is 10.4. The van der Waals surface area contributed by atoms with Crippen molar-refractivity contribution in [3.8, 4) is 5.75 Å². The van der Waals surface area contributed by atoms with E-state index in [0.29, 0.717) is 11.3 Å². The Morgan fingerprint density at radius 3 is 2.77 bits per heavy atom. The molecular formula is C9H8NO3. The van der Waals surface area contributed by atoms with Crippen LogP contribution < -0.4 is 4.74 Å². The van der Waals surface area contributed by atoms with Gasteiger partial charge in [0.2, 0.25) is 0 Å². The highest BCUT2D eigenvalue weighted by atomic mass is 16.6. The molecule has 1 radical (unpaired) electrons. The number of hydrogen-bond donors (Lipinski definition) is 0. The number of nitro groups is 1. The van der Waals surface area contributed by atoms with Crippen LogP contribution in [0.5, 0.6) is 5.75 Å². The maximum atomic E-state index is 10.4. The van der Waals surface area contributed by atoms with Gasteiger partial charge in [0.25, 0.3) is 5.69 Å². The third-order valence-electron chi connectivity index (χ3n) is 1.58. The molecule has 13 heavy (non-hydrogen) atoms. The summed E-state index contributed by atoms with van der Waals surface area (Å²) < 4.78 is 4.95. The molecule has 4 heteroatoms. The standard InChI is InChI=1S/C9H8NO3/c1-3-7-6-8(10(11)12)4-5-9(7)13-2/h4-6H,1H2,2H3. The van der Waals surface area contributed by atoms with Crippen LogP contribution in [0.3, 0.4) is 0 Å². The molecule has 0 heterocycles. The fourth-order valence-electron chi connectivity index (χ4n) is 0.948. The van der Waals surface area contributed by atoms with E-state index in [0.717, 1.165) is 0 Å². The minimum atomic E-state index is -0.472. The number of methoxy groups -OCH3 is 1. The Hall–Kier alpha value is -1.84. The Morgan fingerprint density at radius 1 is 1.62 bits per heavy atom. The molecule has 0 saturated carbocycles. The van der Waals surface area contributed by atoms with Crippen LogP contribution in [0.4, 0.5) is 5.69 Å². The molecule has 0 spiro atoms. The van der Waals surface area contributed by atoms with Gasteiger partial charge < -0.3 is 4.74 Å². The second-order valence-electron chi connectivity index (χ2n) is 2.32. The van der Waals surface area contributed by atoms with Gasteiger partial charge in [-0.1, -0.05) is 6.58 Å². The molecule has 1 aromatic carbocycles. The molecule has 0 aliphatic carbocycles. The first-order valence-electron chi connectivity index (χ1n) is 3.54. The Morgan fingerprint density at radius 2 is 2.31 bits per heavy atom. The molecule has 67 valence electrons. The number of hydrogen-bond acceptors (Lipinski definition) is 3. The van der Waals surface area contributed by atoms with Crippen LogP contribution >= 0.6 is 0 Å². The number of ether oxygens (including phenoxy) is 1. The van der Waals surface area contributed by atoms with Crippen LogP contribution in [0.1, 0.15) is 5.56 Å². The summed E-state index contributed by atoms with van der Waals surface area (Å²) in [7, 11) is 1.49. The number of benzene rings is 1. The molecule has 0 bridgehead atoms. The lowest BCUT2D eigenvalue weighted by molar-refractivity contribution is -0.384. The summed E-state index contributed by atoms with van der Waals surface area (Å²) in [6.07, 6.45) is 2.56. The van der Waals surface area contributed by atoms with Gasteiger partial charge in [-0.05, 0) is 12.1 Å². The number of nitro benzene ring substituents is 1. The van der Waals surface area contributed by atoms with Crippen LogP contribution in [-0.2, 0) is 0 Å². The van der Waals surface area contributed by atoms with Crippen molar-refractivity contribution in [1.29, 1.82) is 0 Å². The maximum Gasteiger partial charge on any atom is 0.270 e. The molecule has 0 aliphatic rings. The van der Waals surface area contributed by atoms with E-state index in [2.05, 4.69) is 12.7 Å². The van der Waals surface area contributed by atoms with Crippen molar-refractivity contribution in [3.05, 3.63) is 46.5 Å². The first kappa shape index (κ1) is 9.25. The van der Waals surface area contributed by atoms with E-state index in [9.17, 15) is 10.1 Å². The first-order chi connectivity index (χ1) is 6.19. The molecule has 4 nitrogen and oxygen atoms in total. The normalized spacial score (nSPS) is 9.31. The van der Waals surface area contributed by atoms with Crippen LogP contribution in [0, 0.1) is 16.2 Å².